The second kappa shape index (κ2) is 6.72. The molecule has 2 heterocycles. The molecule has 26 heavy (non-hydrogen) atoms. The van der Waals surface area contributed by atoms with E-state index in [0.29, 0.717) is 13.0 Å². The standard InChI is InChI=1S/C20H19N3O3/c24-18-12-23(20(26)17-10-22-19(25)11-21-17)8-7-16(18)15-6-5-13-3-1-2-4-14(13)9-15/h1-6,9-11,16,18,24H,7-8,12H2,(H,22,25)/t16-,18+/m0/s1. The predicted molar refractivity (Wildman–Crippen MR) is 98.1 cm³/mol. The Morgan fingerprint density at radius 1 is 1.19 bits per heavy atom. The fourth-order valence-corrected chi connectivity index (χ4v) is 3.56. The predicted octanol–water partition coefficient (Wildman–Crippen LogP) is 1.91. The molecule has 0 spiro atoms. The number of aromatic amines is 1. The number of nitrogens with one attached hydrogen (secondary N) is 1. The summed E-state index contributed by atoms with van der Waals surface area (Å²) in [5, 5.41) is 12.9. The number of amides is 1. The summed E-state index contributed by atoms with van der Waals surface area (Å²) in [7, 11) is 0. The Morgan fingerprint density at radius 3 is 2.73 bits per heavy atom. The quantitative estimate of drug-likeness (QED) is 0.740. The van der Waals surface area contributed by atoms with E-state index in [0.717, 1.165) is 17.1 Å². The molecule has 0 saturated carbocycles. The number of H-pyrrole nitrogens is 1. The number of carbonyl (C=O) groups is 1. The summed E-state index contributed by atoms with van der Waals surface area (Å²) in [6.07, 6.45) is 2.43. The first-order valence-electron chi connectivity index (χ1n) is 8.62. The normalized spacial score (nSPS) is 20.3. The van der Waals surface area contributed by atoms with Gasteiger partial charge in [0.2, 0.25) is 0 Å². The third kappa shape index (κ3) is 3.11. The minimum absolute atomic E-state index is 0.00723. The molecule has 2 aromatic carbocycles. The maximum atomic E-state index is 12.5. The maximum Gasteiger partial charge on any atom is 0.274 e. The zero-order chi connectivity index (χ0) is 18.1. The summed E-state index contributed by atoms with van der Waals surface area (Å²) in [6.45, 7) is 0.783. The van der Waals surface area contributed by atoms with Gasteiger partial charge in [0, 0.05) is 25.2 Å². The van der Waals surface area contributed by atoms with Crippen molar-refractivity contribution in [3.8, 4) is 0 Å². The van der Waals surface area contributed by atoms with Gasteiger partial charge in [-0.2, -0.15) is 0 Å². The maximum absolute atomic E-state index is 12.5. The lowest BCUT2D eigenvalue weighted by Gasteiger charge is -2.36. The van der Waals surface area contributed by atoms with Crippen molar-refractivity contribution in [1.29, 1.82) is 0 Å². The van der Waals surface area contributed by atoms with Crippen LogP contribution in [0.15, 0.2) is 59.7 Å². The zero-order valence-electron chi connectivity index (χ0n) is 14.1. The number of aromatic nitrogens is 2. The molecule has 1 aliphatic heterocycles. The highest BCUT2D eigenvalue weighted by atomic mass is 16.3. The fraction of sp³-hybridized carbons (Fsp3) is 0.250. The minimum atomic E-state index is -0.642. The number of carbonyl (C=O) groups excluding carboxylic acids is 1. The Bertz CT molecular complexity index is 994. The summed E-state index contributed by atoms with van der Waals surface area (Å²) >= 11 is 0. The number of hydrogen-bond acceptors (Lipinski definition) is 4. The molecular weight excluding hydrogens is 330 g/mol. The molecule has 0 aliphatic carbocycles. The van der Waals surface area contributed by atoms with E-state index in [1.807, 2.05) is 12.1 Å². The number of fused-ring (bicyclic) bond motifs is 1. The number of nitrogens with zero attached hydrogens (tertiary/aromatic N) is 2. The van der Waals surface area contributed by atoms with Gasteiger partial charge in [-0.05, 0) is 22.8 Å². The third-order valence-corrected chi connectivity index (χ3v) is 4.96. The summed E-state index contributed by atoms with van der Waals surface area (Å²) < 4.78 is 0. The van der Waals surface area contributed by atoms with Gasteiger partial charge >= 0.3 is 0 Å². The van der Waals surface area contributed by atoms with Crippen LogP contribution in [0.1, 0.15) is 28.4 Å². The minimum Gasteiger partial charge on any atom is -0.391 e. The van der Waals surface area contributed by atoms with Crippen LogP contribution in [0, 0.1) is 0 Å². The number of benzene rings is 2. The summed E-state index contributed by atoms with van der Waals surface area (Å²) in [4.78, 5) is 31.5. The summed E-state index contributed by atoms with van der Waals surface area (Å²) in [5.74, 6) is -0.288. The molecule has 1 saturated heterocycles. The first-order valence-corrected chi connectivity index (χ1v) is 8.62. The fourth-order valence-electron chi connectivity index (χ4n) is 3.56. The van der Waals surface area contributed by atoms with Gasteiger partial charge in [-0.3, -0.25) is 9.59 Å². The lowest BCUT2D eigenvalue weighted by atomic mass is 9.86. The van der Waals surface area contributed by atoms with Gasteiger partial charge in [0.25, 0.3) is 11.5 Å². The van der Waals surface area contributed by atoms with E-state index in [2.05, 4.69) is 40.3 Å². The van der Waals surface area contributed by atoms with Crippen molar-refractivity contribution in [1.82, 2.24) is 14.9 Å². The molecule has 6 heteroatoms. The van der Waals surface area contributed by atoms with Crippen molar-refractivity contribution >= 4 is 16.7 Å². The van der Waals surface area contributed by atoms with Crippen LogP contribution in [0.3, 0.4) is 0 Å². The van der Waals surface area contributed by atoms with E-state index < -0.39 is 6.10 Å². The highest BCUT2D eigenvalue weighted by Gasteiger charge is 2.32. The van der Waals surface area contributed by atoms with Gasteiger partial charge in [0.1, 0.15) is 5.69 Å². The molecule has 132 valence electrons. The summed E-state index contributed by atoms with van der Waals surface area (Å²) in [6, 6.07) is 14.4. The summed E-state index contributed by atoms with van der Waals surface area (Å²) in [5.41, 5.74) is 0.919. The average molecular weight is 349 g/mol. The monoisotopic (exact) mass is 349 g/mol. The molecule has 3 aromatic rings. The number of rotatable bonds is 2. The van der Waals surface area contributed by atoms with Crippen molar-refractivity contribution in [2.45, 2.75) is 18.4 Å². The van der Waals surface area contributed by atoms with Crippen molar-refractivity contribution in [2.24, 2.45) is 0 Å². The zero-order valence-corrected chi connectivity index (χ0v) is 14.1. The molecule has 1 amide bonds. The second-order valence-electron chi connectivity index (χ2n) is 6.62. The average Bonchev–Trinajstić information content (AvgIpc) is 2.67. The van der Waals surface area contributed by atoms with Crippen LogP contribution in [0.5, 0.6) is 0 Å². The molecule has 1 aromatic heterocycles. The largest absolute Gasteiger partial charge is 0.391 e. The number of β-amino-alcohol motifs (C(OH)–C–C–N with tert-alkyl or cyclic N) is 1. The number of hydrogen-bond donors (Lipinski definition) is 2. The van der Waals surface area contributed by atoms with Gasteiger partial charge in [0.15, 0.2) is 0 Å². The Morgan fingerprint density at radius 2 is 2.00 bits per heavy atom. The van der Waals surface area contributed by atoms with E-state index in [9.17, 15) is 14.7 Å². The molecular formula is C20H19N3O3. The number of piperidine rings is 1. The van der Waals surface area contributed by atoms with Crippen molar-refractivity contribution in [2.75, 3.05) is 13.1 Å². The lowest BCUT2D eigenvalue weighted by molar-refractivity contribution is 0.0377. The van der Waals surface area contributed by atoms with Crippen LogP contribution in [-0.4, -0.2) is 45.1 Å². The molecule has 2 N–H and O–H groups in total. The van der Waals surface area contributed by atoms with Crippen molar-refractivity contribution in [3.05, 3.63) is 76.5 Å². The number of aliphatic hydroxyl groups excluding tert-OH is 1. The van der Waals surface area contributed by atoms with Crippen LogP contribution in [-0.2, 0) is 0 Å². The topological polar surface area (TPSA) is 86.3 Å². The van der Waals surface area contributed by atoms with Gasteiger partial charge in [-0.15, -0.1) is 0 Å². The molecule has 1 aliphatic rings. The van der Waals surface area contributed by atoms with E-state index in [1.54, 1.807) is 4.90 Å². The second-order valence-corrected chi connectivity index (χ2v) is 6.62. The van der Waals surface area contributed by atoms with Gasteiger partial charge in [0.05, 0.1) is 12.3 Å². The van der Waals surface area contributed by atoms with Crippen LogP contribution in [0.4, 0.5) is 0 Å². The van der Waals surface area contributed by atoms with E-state index in [4.69, 9.17) is 0 Å². The number of likely N-dealkylation sites (tertiary alicyclic amines) is 1. The molecule has 0 radical (unpaired) electrons. The Balaban J connectivity index is 1.51. The first-order chi connectivity index (χ1) is 12.6. The molecule has 1 fully saturated rings. The van der Waals surface area contributed by atoms with E-state index in [-0.39, 0.29) is 29.6 Å². The van der Waals surface area contributed by atoms with E-state index >= 15 is 0 Å². The highest BCUT2D eigenvalue weighted by Crippen LogP contribution is 2.31. The van der Waals surface area contributed by atoms with E-state index in [1.165, 1.54) is 11.6 Å². The Labute approximate surface area is 150 Å². The molecule has 2 atom stereocenters. The van der Waals surface area contributed by atoms with Crippen LogP contribution in [0.25, 0.3) is 10.8 Å². The first kappa shape index (κ1) is 16.5. The van der Waals surface area contributed by atoms with Gasteiger partial charge in [-0.25, -0.2) is 4.98 Å². The highest BCUT2D eigenvalue weighted by molar-refractivity contribution is 5.92. The van der Waals surface area contributed by atoms with Crippen molar-refractivity contribution in [3.63, 3.8) is 0 Å². The van der Waals surface area contributed by atoms with Crippen LogP contribution < -0.4 is 5.56 Å². The molecule has 0 unspecified atom stereocenters. The lowest BCUT2D eigenvalue weighted by Crippen LogP contribution is -2.46. The smallest absolute Gasteiger partial charge is 0.274 e. The Kier molecular flexibility index (Phi) is 4.26. The van der Waals surface area contributed by atoms with Crippen LogP contribution >= 0.6 is 0 Å². The van der Waals surface area contributed by atoms with Gasteiger partial charge < -0.3 is 15.0 Å². The molecule has 6 nitrogen and oxygen atoms in total. The molecule has 4 rings (SSSR count). The van der Waals surface area contributed by atoms with Crippen LogP contribution in [0.2, 0.25) is 0 Å². The third-order valence-electron chi connectivity index (χ3n) is 4.96. The SMILES string of the molecule is O=C(c1c[nH]c(=O)cn1)N1CC[C@@H](c2ccc3ccccc3c2)[C@H](O)C1. The van der Waals surface area contributed by atoms with Gasteiger partial charge in [-0.1, -0.05) is 42.5 Å². The Hall–Kier alpha value is -2.99. The van der Waals surface area contributed by atoms with Crippen molar-refractivity contribution < 1.29 is 9.90 Å². The number of aliphatic hydroxyl groups is 1. The molecule has 0 bridgehead atoms.